The SMILES string of the molecule is CN(C)CCCN(C(=O)c1ccccc1Br)c1nc2ccccc2s1.Cl. The summed E-state index contributed by atoms with van der Waals surface area (Å²) in [4.78, 5) is 21.8. The quantitative estimate of drug-likeness (QED) is 0.521. The first-order chi connectivity index (χ1) is 12.1. The van der Waals surface area contributed by atoms with Crippen molar-refractivity contribution in [2.75, 3.05) is 32.1 Å². The molecule has 0 unspecified atom stereocenters. The summed E-state index contributed by atoms with van der Waals surface area (Å²) < 4.78 is 1.90. The number of thiazole rings is 1. The molecule has 0 bridgehead atoms. The highest BCUT2D eigenvalue weighted by Gasteiger charge is 2.22. The standard InChI is InChI=1S/C19H20BrN3OS.ClH/c1-22(2)12-7-13-23(18(24)14-8-3-4-9-15(14)20)19-21-16-10-5-6-11-17(16)25-19;/h3-6,8-11H,7,12-13H2,1-2H3;1H. The molecule has 3 aromatic rings. The van der Waals surface area contributed by atoms with E-state index >= 15 is 0 Å². The lowest BCUT2D eigenvalue weighted by Gasteiger charge is -2.21. The smallest absolute Gasteiger partial charge is 0.261 e. The van der Waals surface area contributed by atoms with Crippen molar-refractivity contribution in [3.63, 3.8) is 0 Å². The van der Waals surface area contributed by atoms with Gasteiger partial charge >= 0.3 is 0 Å². The third kappa shape index (κ3) is 4.82. The van der Waals surface area contributed by atoms with E-state index in [2.05, 4.69) is 25.8 Å². The highest BCUT2D eigenvalue weighted by atomic mass is 79.9. The van der Waals surface area contributed by atoms with Crippen LogP contribution in [0.25, 0.3) is 10.2 Å². The molecule has 0 spiro atoms. The second-order valence-electron chi connectivity index (χ2n) is 6.06. The van der Waals surface area contributed by atoms with Crippen molar-refractivity contribution >= 4 is 60.9 Å². The third-order valence-corrected chi connectivity index (χ3v) is 5.60. The Labute approximate surface area is 172 Å². The number of halogens is 2. The number of hydrogen-bond acceptors (Lipinski definition) is 4. The molecule has 0 saturated heterocycles. The van der Waals surface area contributed by atoms with Gasteiger partial charge in [-0.3, -0.25) is 9.69 Å². The van der Waals surface area contributed by atoms with E-state index in [0.717, 1.165) is 32.8 Å². The van der Waals surface area contributed by atoms with E-state index in [1.54, 1.807) is 16.2 Å². The molecule has 0 radical (unpaired) electrons. The zero-order chi connectivity index (χ0) is 17.8. The molecule has 0 saturated carbocycles. The molecule has 0 aliphatic heterocycles. The number of carbonyl (C=O) groups is 1. The van der Waals surface area contributed by atoms with Gasteiger partial charge in [0.05, 0.1) is 15.8 Å². The van der Waals surface area contributed by atoms with Crippen LogP contribution in [0.2, 0.25) is 0 Å². The van der Waals surface area contributed by atoms with Gasteiger partial charge in [-0.25, -0.2) is 4.98 Å². The highest BCUT2D eigenvalue weighted by Crippen LogP contribution is 2.30. The molecule has 0 atom stereocenters. The second-order valence-corrected chi connectivity index (χ2v) is 7.92. The summed E-state index contributed by atoms with van der Waals surface area (Å²) in [5, 5.41) is 0.751. The van der Waals surface area contributed by atoms with Gasteiger partial charge in [-0.2, -0.15) is 0 Å². The zero-order valence-electron chi connectivity index (χ0n) is 14.7. The van der Waals surface area contributed by atoms with Crippen LogP contribution in [0.15, 0.2) is 53.0 Å². The Bertz CT molecular complexity index is 851. The lowest BCUT2D eigenvalue weighted by atomic mass is 10.2. The van der Waals surface area contributed by atoms with Gasteiger partial charge in [0.1, 0.15) is 0 Å². The van der Waals surface area contributed by atoms with E-state index in [9.17, 15) is 4.79 Å². The van der Waals surface area contributed by atoms with Gasteiger partial charge in [-0.05, 0) is 67.3 Å². The van der Waals surface area contributed by atoms with Gasteiger partial charge in [0.2, 0.25) is 0 Å². The molecule has 7 heteroatoms. The molecule has 1 amide bonds. The number of carbonyl (C=O) groups excluding carboxylic acids is 1. The Morgan fingerprint density at radius 3 is 2.46 bits per heavy atom. The molecule has 1 aromatic heterocycles. The van der Waals surface area contributed by atoms with E-state index in [0.29, 0.717) is 12.1 Å². The van der Waals surface area contributed by atoms with Crippen molar-refractivity contribution in [3.8, 4) is 0 Å². The molecule has 2 aromatic carbocycles. The fourth-order valence-corrected chi connectivity index (χ4v) is 4.03. The van der Waals surface area contributed by atoms with E-state index in [1.807, 2.05) is 62.6 Å². The molecule has 138 valence electrons. The largest absolute Gasteiger partial charge is 0.309 e. The van der Waals surface area contributed by atoms with Gasteiger partial charge in [0.15, 0.2) is 5.13 Å². The molecule has 0 fully saturated rings. The lowest BCUT2D eigenvalue weighted by molar-refractivity contribution is 0.0985. The number of fused-ring (bicyclic) bond motifs is 1. The summed E-state index contributed by atoms with van der Waals surface area (Å²) >= 11 is 5.05. The minimum atomic E-state index is -0.0229. The fourth-order valence-electron chi connectivity index (χ4n) is 2.58. The van der Waals surface area contributed by atoms with Crippen LogP contribution in [0.1, 0.15) is 16.8 Å². The predicted molar refractivity (Wildman–Crippen MR) is 116 cm³/mol. The van der Waals surface area contributed by atoms with E-state index < -0.39 is 0 Å². The number of benzene rings is 2. The maximum Gasteiger partial charge on any atom is 0.261 e. The van der Waals surface area contributed by atoms with Crippen LogP contribution < -0.4 is 4.90 Å². The van der Waals surface area contributed by atoms with E-state index in [-0.39, 0.29) is 18.3 Å². The lowest BCUT2D eigenvalue weighted by Crippen LogP contribution is -2.33. The van der Waals surface area contributed by atoms with Crippen molar-refractivity contribution in [1.82, 2.24) is 9.88 Å². The molecule has 0 aliphatic carbocycles. The van der Waals surface area contributed by atoms with E-state index in [4.69, 9.17) is 0 Å². The number of anilines is 1. The van der Waals surface area contributed by atoms with Gasteiger partial charge in [-0.15, -0.1) is 12.4 Å². The number of nitrogens with zero attached hydrogens (tertiary/aromatic N) is 3. The number of para-hydroxylation sites is 1. The molecule has 26 heavy (non-hydrogen) atoms. The number of amides is 1. The van der Waals surface area contributed by atoms with Crippen molar-refractivity contribution in [2.45, 2.75) is 6.42 Å². The van der Waals surface area contributed by atoms with Crippen molar-refractivity contribution in [2.24, 2.45) is 0 Å². The first kappa shape index (κ1) is 20.8. The number of rotatable bonds is 6. The Morgan fingerprint density at radius 2 is 1.77 bits per heavy atom. The normalized spacial score (nSPS) is 10.8. The van der Waals surface area contributed by atoms with Crippen LogP contribution in [0, 0.1) is 0 Å². The van der Waals surface area contributed by atoms with Gasteiger partial charge < -0.3 is 4.90 Å². The van der Waals surface area contributed by atoms with Crippen LogP contribution in [0.4, 0.5) is 5.13 Å². The van der Waals surface area contributed by atoms with Crippen molar-refractivity contribution in [3.05, 3.63) is 58.6 Å². The maximum absolute atomic E-state index is 13.2. The topological polar surface area (TPSA) is 36.4 Å². The molecular formula is C19H21BrClN3OS. The minimum absolute atomic E-state index is 0. The Hall–Kier alpha value is -1.47. The van der Waals surface area contributed by atoms with Crippen LogP contribution in [0.3, 0.4) is 0 Å². The minimum Gasteiger partial charge on any atom is -0.309 e. The first-order valence-electron chi connectivity index (χ1n) is 8.13. The van der Waals surface area contributed by atoms with Crippen LogP contribution in [-0.4, -0.2) is 43.0 Å². The molecule has 1 heterocycles. The first-order valence-corrected chi connectivity index (χ1v) is 9.74. The molecular weight excluding hydrogens is 434 g/mol. The van der Waals surface area contributed by atoms with Gasteiger partial charge in [0.25, 0.3) is 5.91 Å². The zero-order valence-corrected chi connectivity index (χ0v) is 17.9. The van der Waals surface area contributed by atoms with Crippen LogP contribution >= 0.6 is 39.7 Å². The van der Waals surface area contributed by atoms with Crippen molar-refractivity contribution in [1.29, 1.82) is 0 Å². The predicted octanol–water partition coefficient (Wildman–Crippen LogP) is 5.08. The van der Waals surface area contributed by atoms with Crippen LogP contribution in [0.5, 0.6) is 0 Å². The molecule has 0 aliphatic rings. The highest BCUT2D eigenvalue weighted by molar-refractivity contribution is 9.10. The average molecular weight is 455 g/mol. The monoisotopic (exact) mass is 453 g/mol. The molecule has 4 nitrogen and oxygen atoms in total. The fraction of sp³-hybridized carbons (Fsp3) is 0.263. The van der Waals surface area contributed by atoms with E-state index in [1.165, 1.54) is 0 Å². The van der Waals surface area contributed by atoms with Crippen LogP contribution in [-0.2, 0) is 0 Å². The second kappa shape index (κ2) is 9.46. The summed E-state index contributed by atoms with van der Waals surface area (Å²) in [5.74, 6) is -0.0229. The summed E-state index contributed by atoms with van der Waals surface area (Å²) in [6, 6.07) is 15.5. The third-order valence-electron chi connectivity index (χ3n) is 3.85. The summed E-state index contributed by atoms with van der Waals surface area (Å²) in [5.41, 5.74) is 1.59. The summed E-state index contributed by atoms with van der Waals surface area (Å²) in [6.07, 6.45) is 0.888. The Kier molecular flexibility index (Phi) is 7.58. The number of hydrogen-bond donors (Lipinski definition) is 0. The average Bonchev–Trinajstić information content (AvgIpc) is 3.02. The van der Waals surface area contributed by atoms with Crippen molar-refractivity contribution < 1.29 is 4.79 Å². The Balaban J connectivity index is 0.00000243. The molecule has 0 N–H and O–H groups in total. The maximum atomic E-state index is 13.2. The summed E-state index contributed by atoms with van der Waals surface area (Å²) in [7, 11) is 4.08. The number of aromatic nitrogens is 1. The Morgan fingerprint density at radius 1 is 1.08 bits per heavy atom. The van der Waals surface area contributed by atoms with Gasteiger partial charge in [0, 0.05) is 11.0 Å². The van der Waals surface area contributed by atoms with Gasteiger partial charge in [-0.1, -0.05) is 35.6 Å². The molecule has 3 rings (SSSR count). The summed E-state index contributed by atoms with van der Waals surface area (Å²) in [6.45, 7) is 1.56.